The van der Waals surface area contributed by atoms with E-state index in [1.165, 1.54) is 5.56 Å². The lowest BCUT2D eigenvalue weighted by atomic mass is 9.92. The van der Waals surface area contributed by atoms with Crippen LogP contribution in [0.25, 0.3) is 0 Å². The summed E-state index contributed by atoms with van der Waals surface area (Å²) in [6, 6.07) is 6.06. The minimum atomic E-state index is 0.0303. The van der Waals surface area contributed by atoms with Crippen molar-refractivity contribution in [1.29, 1.82) is 0 Å². The fourth-order valence-electron chi connectivity index (χ4n) is 2.20. The fraction of sp³-hybridized carbons (Fsp3) is 0.462. The summed E-state index contributed by atoms with van der Waals surface area (Å²) in [5.41, 5.74) is 1.41. The van der Waals surface area contributed by atoms with Gasteiger partial charge in [0.1, 0.15) is 0 Å². The second kappa shape index (κ2) is 4.99. The van der Waals surface area contributed by atoms with Gasteiger partial charge < -0.3 is 5.32 Å². The molecule has 1 N–H and O–H groups in total. The highest BCUT2D eigenvalue weighted by atomic mass is 79.9. The maximum atomic E-state index is 10.9. The van der Waals surface area contributed by atoms with Crippen molar-refractivity contribution in [1.82, 2.24) is 5.32 Å². The molecule has 0 radical (unpaired) electrons. The van der Waals surface area contributed by atoms with Crippen molar-refractivity contribution in [2.24, 2.45) is 0 Å². The van der Waals surface area contributed by atoms with Crippen LogP contribution in [0.3, 0.4) is 0 Å². The zero-order valence-corrected chi connectivity index (χ0v) is 12.1. The third-order valence-electron chi connectivity index (χ3n) is 3.33. The van der Waals surface area contributed by atoms with E-state index in [-0.39, 0.29) is 11.3 Å². The Labute approximate surface area is 115 Å². The summed E-state index contributed by atoms with van der Waals surface area (Å²) < 4.78 is 1.00. The summed E-state index contributed by atoms with van der Waals surface area (Å²) in [6.07, 6.45) is 3.29. The van der Waals surface area contributed by atoms with Crippen LogP contribution in [0, 0.1) is 0 Å². The molecule has 0 aromatic heterocycles. The summed E-state index contributed by atoms with van der Waals surface area (Å²) in [5.74, 6) is 0.0303. The molecule has 1 amide bonds. The molecule has 1 fully saturated rings. The summed E-state index contributed by atoms with van der Waals surface area (Å²) in [7, 11) is 0. The average molecular weight is 317 g/mol. The molecular weight excluding hydrogens is 302 g/mol. The van der Waals surface area contributed by atoms with Crippen LogP contribution in [0.2, 0.25) is 5.02 Å². The molecule has 17 heavy (non-hydrogen) atoms. The first-order valence-corrected chi connectivity index (χ1v) is 6.91. The average Bonchev–Trinajstić information content (AvgIpc) is 2.98. The Morgan fingerprint density at radius 1 is 1.53 bits per heavy atom. The van der Waals surface area contributed by atoms with Crippen LogP contribution in [0.1, 0.15) is 31.7 Å². The van der Waals surface area contributed by atoms with Crippen molar-refractivity contribution in [3.8, 4) is 0 Å². The zero-order chi connectivity index (χ0) is 12.5. The Bertz CT molecular complexity index is 443. The third-order valence-corrected chi connectivity index (χ3v) is 4.14. The lowest BCUT2D eigenvalue weighted by Gasteiger charge is -2.17. The molecular formula is C13H15BrClNO. The van der Waals surface area contributed by atoms with Crippen LogP contribution in [0.5, 0.6) is 0 Å². The van der Waals surface area contributed by atoms with Crippen molar-refractivity contribution in [2.75, 3.05) is 6.54 Å². The van der Waals surface area contributed by atoms with Crippen molar-refractivity contribution in [3.05, 3.63) is 33.3 Å². The maximum Gasteiger partial charge on any atom is 0.216 e. The van der Waals surface area contributed by atoms with E-state index in [0.29, 0.717) is 0 Å². The van der Waals surface area contributed by atoms with Crippen molar-refractivity contribution < 1.29 is 4.79 Å². The molecule has 0 heterocycles. The van der Waals surface area contributed by atoms with Gasteiger partial charge >= 0.3 is 0 Å². The SMILES string of the molecule is CC(=O)NCCC1(c2ccc(Br)cc2Cl)CC1. The highest BCUT2D eigenvalue weighted by Gasteiger charge is 2.44. The Kier molecular flexibility index (Phi) is 3.79. The lowest BCUT2D eigenvalue weighted by Crippen LogP contribution is -2.24. The molecule has 92 valence electrons. The molecule has 0 bridgehead atoms. The molecule has 0 aliphatic heterocycles. The number of carbonyl (C=O) groups excluding carboxylic acids is 1. The highest BCUT2D eigenvalue weighted by molar-refractivity contribution is 9.10. The van der Waals surface area contributed by atoms with E-state index >= 15 is 0 Å². The van der Waals surface area contributed by atoms with Gasteiger partial charge in [0, 0.05) is 23.0 Å². The minimum Gasteiger partial charge on any atom is -0.356 e. The summed E-state index contributed by atoms with van der Waals surface area (Å²) >= 11 is 9.69. The minimum absolute atomic E-state index is 0.0303. The molecule has 0 saturated heterocycles. The normalized spacial score (nSPS) is 16.6. The molecule has 1 aromatic rings. The van der Waals surface area contributed by atoms with Gasteiger partial charge in [0.25, 0.3) is 0 Å². The van der Waals surface area contributed by atoms with Crippen molar-refractivity contribution in [3.63, 3.8) is 0 Å². The molecule has 1 aliphatic carbocycles. The van der Waals surface area contributed by atoms with Gasteiger partial charge in [-0.05, 0) is 42.4 Å². The Hall–Kier alpha value is -0.540. The van der Waals surface area contributed by atoms with Crippen molar-refractivity contribution >= 4 is 33.4 Å². The number of benzene rings is 1. The second-order valence-corrected chi connectivity index (χ2v) is 5.96. The van der Waals surface area contributed by atoms with Gasteiger partial charge in [-0.2, -0.15) is 0 Å². The highest BCUT2D eigenvalue weighted by Crippen LogP contribution is 2.53. The molecule has 0 unspecified atom stereocenters. The number of rotatable bonds is 4. The van der Waals surface area contributed by atoms with Crippen LogP contribution >= 0.6 is 27.5 Å². The molecule has 1 aliphatic rings. The Morgan fingerprint density at radius 3 is 2.76 bits per heavy atom. The number of halogens is 2. The monoisotopic (exact) mass is 315 g/mol. The number of hydrogen-bond acceptors (Lipinski definition) is 1. The predicted octanol–water partition coefficient (Wildman–Crippen LogP) is 3.66. The standard InChI is InChI=1S/C13H15BrClNO/c1-9(17)16-7-6-13(4-5-13)11-3-2-10(14)8-12(11)15/h2-3,8H,4-7H2,1H3,(H,16,17). The van der Waals surface area contributed by atoms with Crippen LogP contribution in [-0.4, -0.2) is 12.5 Å². The first-order valence-electron chi connectivity index (χ1n) is 5.73. The molecule has 2 rings (SSSR count). The zero-order valence-electron chi connectivity index (χ0n) is 9.72. The molecule has 4 heteroatoms. The Balaban J connectivity index is 2.07. The van der Waals surface area contributed by atoms with E-state index in [1.54, 1.807) is 6.92 Å². The van der Waals surface area contributed by atoms with Gasteiger partial charge in [-0.15, -0.1) is 0 Å². The molecule has 1 saturated carbocycles. The van der Waals surface area contributed by atoms with E-state index in [2.05, 4.69) is 27.3 Å². The number of nitrogens with one attached hydrogen (secondary N) is 1. The quantitative estimate of drug-likeness (QED) is 0.902. The summed E-state index contributed by atoms with van der Waals surface area (Å²) in [5, 5.41) is 3.67. The van der Waals surface area contributed by atoms with E-state index in [1.807, 2.05) is 12.1 Å². The van der Waals surface area contributed by atoms with E-state index in [4.69, 9.17) is 11.6 Å². The van der Waals surface area contributed by atoms with E-state index in [9.17, 15) is 4.79 Å². The number of amides is 1. The van der Waals surface area contributed by atoms with E-state index in [0.717, 1.165) is 35.3 Å². The van der Waals surface area contributed by atoms with Gasteiger partial charge in [0.05, 0.1) is 0 Å². The fourth-order valence-corrected chi connectivity index (χ4v) is 3.08. The number of carbonyl (C=O) groups is 1. The predicted molar refractivity (Wildman–Crippen MR) is 73.4 cm³/mol. The first-order chi connectivity index (χ1) is 8.03. The summed E-state index contributed by atoms with van der Waals surface area (Å²) in [6.45, 7) is 2.27. The first kappa shape index (κ1) is 12.9. The summed E-state index contributed by atoms with van der Waals surface area (Å²) in [4.78, 5) is 10.9. The molecule has 2 nitrogen and oxygen atoms in total. The van der Waals surface area contributed by atoms with Crippen LogP contribution in [0.15, 0.2) is 22.7 Å². The third kappa shape index (κ3) is 3.02. The van der Waals surface area contributed by atoms with Crippen LogP contribution in [-0.2, 0) is 10.2 Å². The smallest absolute Gasteiger partial charge is 0.216 e. The van der Waals surface area contributed by atoms with Gasteiger partial charge in [0.15, 0.2) is 0 Å². The van der Waals surface area contributed by atoms with Crippen LogP contribution in [0.4, 0.5) is 0 Å². The molecule has 0 atom stereocenters. The topological polar surface area (TPSA) is 29.1 Å². The lowest BCUT2D eigenvalue weighted by molar-refractivity contribution is -0.118. The van der Waals surface area contributed by atoms with Gasteiger partial charge in [0.2, 0.25) is 5.91 Å². The largest absolute Gasteiger partial charge is 0.356 e. The molecule has 0 spiro atoms. The van der Waals surface area contributed by atoms with Gasteiger partial charge in [-0.3, -0.25) is 4.79 Å². The van der Waals surface area contributed by atoms with Gasteiger partial charge in [-0.1, -0.05) is 33.6 Å². The second-order valence-electron chi connectivity index (χ2n) is 4.64. The van der Waals surface area contributed by atoms with Gasteiger partial charge in [-0.25, -0.2) is 0 Å². The van der Waals surface area contributed by atoms with Crippen molar-refractivity contribution in [2.45, 2.75) is 31.6 Å². The van der Waals surface area contributed by atoms with Crippen LogP contribution < -0.4 is 5.32 Å². The molecule has 1 aromatic carbocycles. The maximum absolute atomic E-state index is 10.9. The number of hydrogen-bond donors (Lipinski definition) is 1. The Morgan fingerprint density at radius 2 is 2.24 bits per heavy atom. The van der Waals surface area contributed by atoms with E-state index < -0.39 is 0 Å².